The first-order chi connectivity index (χ1) is 7.97. The first-order valence-electron chi connectivity index (χ1n) is 6.23. The highest BCUT2D eigenvalue weighted by Crippen LogP contribution is 2.53. The highest BCUT2D eigenvalue weighted by molar-refractivity contribution is 6.07. The second-order valence-corrected chi connectivity index (χ2v) is 6.03. The van der Waals surface area contributed by atoms with Crippen LogP contribution in [0.15, 0.2) is 12.2 Å². The Labute approximate surface area is 101 Å². The SMILES string of the molecule is CC(C)(CN)N1C(=O)C2C3C=CC(C3)C2C1=O. The first-order valence-corrected chi connectivity index (χ1v) is 6.23. The van der Waals surface area contributed by atoms with Crippen molar-refractivity contribution in [3.05, 3.63) is 12.2 Å². The van der Waals surface area contributed by atoms with E-state index in [2.05, 4.69) is 12.2 Å². The number of nitrogens with two attached hydrogens (primary N) is 1. The van der Waals surface area contributed by atoms with Crippen molar-refractivity contribution in [3.63, 3.8) is 0 Å². The van der Waals surface area contributed by atoms with Crippen molar-refractivity contribution in [1.82, 2.24) is 4.90 Å². The predicted molar refractivity (Wildman–Crippen MR) is 62.7 cm³/mol. The van der Waals surface area contributed by atoms with E-state index in [-0.39, 0.29) is 35.5 Å². The second kappa shape index (κ2) is 3.19. The number of hydrogen-bond acceptors (Lipinski definition) is 3. The van der Waals surface area contributed by atoms with E-state index in [1.54, 1.807) is 0 Å². The number of fused-ring (bicyclic) bond motifs is 5. The highest BCUT2D eigenvalue weighted by Gasteiger charge is 2.61. The molecule has 4 atom stereocenters. The lowest BCUT2D eigenvalue weighted by Crippen LogP contribution is -2.53. The van der Waals surface area contributed by atoms with E-state index in [1.807, 2.05) is 13.8 Å². The van der Waals surface area contributed by atoms with Gasteiger partial charge in [-0.25, -0.2) is 0 Å². The summed E-state index contributed by atoms with van der Waals surface area (Å²) in [6.07, 6.45) is 5.19. The molecule has 0 radical (unpaired) electrons. The van der Waals surface area contributed by atoms with E-state index in [0.717, 1.165) is 6.42 Å². The molecule has 4 heteroatoms. The third-order valence-electron chi connectivity index (χ3n) is 4.58. The topological polar surface area (TPSA) is 63.4 Å². The van der Waals surface area contributed by atoms with Crippen molar-refractivity contribution >= 4 is 11.8 Å². The van der Waals surface area contributed by atoms with Gasteiger partial charge in [0.1, 0.15) is 0 Å². The molecule has 1 saturated heterocycles. The minimum Gasteiger partial charge on any atom is -0.328 e. The Kier molecular flexibility index (Phi) is 2.06. The Morgan fingerprint density at radius 1 is 1.24 bits per heavy atom. The summed E-state index contributed by atoms with van der Waals surface area (Å²) in [6, 6.07) is 0. The van der Waals surface area contributed by atoms with Crippen molar-refractivity contribution in [2.75, 3.05) is 6.54 Å². The molecule has 2 fully saturated rings. The van der Waals surface area contributed by atoms with E-state index in [1.165, 1.54) is 4.90 Å². The van der Waals surface area contributed by atoms with Gasteiger partial charge in [0.05, 0.1) is 17.4 Å². The lowest BCUT2D eigenvalue weighted by atomic mass is 9.85. The summed E-state index contributed by atoms with van der Waals surface area (Å²) in [5, 5.41) is 0. The van der Waals surface area contributed by atoms with E-state index < -0.39 is 5.54 Å². The predicted octanol–water partition coefficient (Wildman–Crippen LogP) is 0.531. The molecule has 2 aliphatic carbocycles. The van der Waals surface area contributed by atoms with Crippen molar-refractivity contribution in [2.24, 2.45) is 29.4 Å². The molecule has 3 aliphatic rings. The molecule has 1 saturated carbocycles. The number of likely N-dealkylation sites (tertiary alicyclic amines) is 1. The van der Waals surface area contributed by atoms with Crippen LogP contribution in [0.5, 0.6) is 0 Å². The van der Waals surface area contributed by atoms with Gasteiger partial charge in [-0.15, -0.1) is 0 Å². The van der Waals surface area contributed by atoms with E-state index in [9.17, 15) is 9.59 Å². The maximum absolute atomic E-state index is 12.4. The summed E-state index contributed by atoms with van der Waals surface area (Å²) in [5.41, 5.74) is 5.13. The number of carbonyl (C=O) groups excluding carboxylic acids is 2. The van der Waals surface area contributed by atoms with E-state index >= 15 is 0 Å². The van der Waals surface area contributed by atoms with Gasteiger partial charge < -0.3 is 5.73 Å². The molecular weight excluding hydrogens is 216 g/mol. The molecule has 0 aromatic rings. The Balaban J connectivity index is 1.98. The zero-order valence-corrected chi connectivity index (χ0v) is 10.2. The molecule has 4 nitrogen and oxygen atoms in total. The zero-order chi connectivity index (χ0) is 12.4. The molecule has 2 N–H and O–H groups in total. The van der Waals surface area contributed by atoms with Crippen LogP contribution in [0, 0.1) is 23.7 Å². The lowest BCUT2D eigenvalue weighted by Gasteiger charge is -2.33. The molecule has 17 heavy (non-hydrogen) atoms. The number of imide groups is 1. The Hall–Kier alpha value is -1.16. The minimum absolute atomic E-state index is 0.00713. The number of amides is 2. The summed E-state index contributed by atoms with van der Waals surface area (Å²) in [5.74, 6) is 0.325. The molecule has 0 aromatic heterocycles. The van der Waals surface area contributed by atoms with Crippen molar-refractivity contribution in [1.29, 1.82) is 0 Å². The average molecular weight is 234 g/mol. The number of hydrogen-bond donors (Lipinski definition) is 1. The smallest absolute Gasteiger partial charge is 0.234 e. The summed E-state index contributed by atoms with van der Waals surface area (Å²) < 4.78 is 0. The van der Waals surface area contributed by atoms with Crippen LogP contribution in [0.2, 0.25) is 0 Å². The van der Waals surface area contributed by atoms with Gasteiger partial charge in [0.15, 0.2) is 0 Å². The fraction of sp³-hybridized carbons (Fsp3) is 0.692. The van der Waals surface area contributed by atoms with E-state index in [0.29, 0.717) is 6.54 Å². The van der Waals surface area contributed by atoms with Gasteiger partial charge in [-0.2, -0.15) is 0 Å². The van der Waals surface area contributed by atoms with Crippen LogP contribution in [0.4, 0.5) is 0 Å². The quantitative estimate of drug-likeness (QED) is 0.560. The molecular formula is C13H18N2O2. The van der Waals surface area contributed by atoms with E-state index in [4.69, 9.17) is 5.73 Å². The number of nitrogens with zero attached hydrogens (tertiary/aromatic N) is 1. The third kappa shape index (κ3) is 1.22. The van der Waals surface area contributed by atoms with Crippen LogP contribution in [0.25, 0.3) is 0 Å². The summed E-state index contributed by atoms with van der Waals surface area (Å²) in [4.78, 5) is 26.2. The lowest BCUT2D eigenvalue weighted by molar-refractivity contribution is -0.146. The van der Waals surface area contributed by atoms with Crippen molar-refractivity contribution in [3.8, 4) is 0 Å². The Bertz CT molecular complexity index is 397. The molecule has 0 spiro atoms. The van der Waals surface area contributed by atoms with Gasteiger partial charge in [-0.1, -0.05) is 12.2 Å². The summed E-state index contributed by atoms with van der Waals surface area (Å²) >= 11 is 0. The maximum atomic E-state index is 12.4. The maximum Gasteiger partial charge on any atom is 0.234 e. The largest absolute Gasteiger partial charge is 0.328 e. The third-order valence-corrected chi connectivity index (χ3v) is 4.58. The molecule has 0 aromatic carbocycles. The number of carbonyl (C=O) groups is 2. The van der Waals surface area contributed by atoms with Gasteiger partial charge in [0.2, 0.25) is 11.8 Å². The molecule has 3 rings (SSSR count). The van der Waals surface area contributed by atoms with Gasteiger partial charge in [-0.05, 0) is 32.1 Å². The fourth-order valence-corrected chi connectivity index (χ4v) is 3.59. The monoisotopic (exact) mass is 234 g/mol. The minimum atomic E-state index is -0.558. The normalized spacial score (nSPS) is 39.4. The molecule has 2 bridgehead atoms. The first kappa shape index (κ1) is 11.0. The van der Waals surface area contributed by atoms with Gasteiger partial charge in [0, 0.05) is 6.54 Å². The second-order valence-electron chi connectivity index (χ2n) is 6.03. The van der Waals surface area contributed by atoms with Crippen LogP contribution in [0.3, 0.4) is 0 Å². The number of rotatable bonds is 2. The number of allylic oxidation sites excluding steroid dienone is 2. The van der Waals surface area contributed by atoms with Gasteiger partial charge in [0.25, 0.3) is 0 Å². The van der Waals surface area contributed by atoms with Crippen LogP contribution in [0.1, 0.15) is 20.3 Å². The Morgan fingerprint density at radius 2 is 1.71 bits per heavy atom. The summed E-state index contributed by atoms with van der Waals surface area (Å²) in [7, 11) is 0. The highest BCUT2D eigenvalue weighted by atomic mass is 16.2. The fourth-order valence-electron chi connectivity index (χ4n) is 3.59. The van der Waals surface area contributed by atoms with Crippen LogP contribution in [-0.4, -0.2) is 28.8 Å². The van der Waals surface area contributed by atoms with Crippen molar-refractivity contribution < 1.29 is 9.59 Å². The molecule has 1 aliphatic heterocycles. The standard InChI is InChI=1S/C13H18N2O2/c1-13(2,6-14)15-11(16)9-7-3-4-8(5-7)10(9)12(15)17/h3-4,7-10H,5-6,14H2,1-2H3. The molecule has 2 amide bonds. The molecule has 4 unspecified atom stereocenters. The van der Waals surface area contributed by atoms with Gasteiger partial charge in [-0.3, -0.25) is 14.5 Å². The van der Waals surface area contributed by atoms with Crippen molar-refractivity contribution in [2.45, 2.75) is 25.8 Å². The van der Waals surface area contributed by atoms with Crippen LogP contribution in [-0.2, 0) is 9.59 Å². The molecule has 92 valence electrons. The Morgan fingerprint density at radius 3 is 2.12 bits per heavy atom. The average Bonchev–Trinajstić information content (AvgIpc) is 2.92. The zero-order valence-electron chi connectivity index (χ0n) is 10.2. The van der Waals surface area contributed by atoms with Crippen LogP contribution >= 0.6 is 0 Å². The summed E-state index contributed by atoms with van der Waals surface area (Å²) in [6.45, 7) is 4.03. The van der Waals surface area contributed by atoms with Crippen LogP contribution < -0.4 is 5.73 Å². The molecule has 1 heterocycles. The van der Waals surface area contributed by atoms with Gasteiger partial charge >= 0.3 is 0 Å².